The molecule has 0 spiro atoms. The van der Waals surface area contributed by atoms with Crippen molar-refractivity contribution in [1.82, 2.24) is 0 Å². The van der Waals surface area contributed by atoms with Crippen molar-refractivity contribution in [3.05, 3.63) is 119 Å². The zero-order valence-electron chi connectivity index (χ0n) is 20.5. The molecular formula is C34H26O2. The molecule has 5 rings (SSSR count). The third-order valence-electron chi connectivity index (χ3n) is 5.91. The first-order valence-electron chi connectivity index (χ1n) is 12.2. The zero-order chi connectivity index (χ0) is 24.7. The summed E-state index contributed by atoms with van der Waals surface area (Å²) in [5.41, 5.74) is 3.75. The molecule has 0 heterocycles. The number of benzene rings is 5. The van der Waals surface area contributed by atoms with Gasteiger partial charge >= 0.3 is 0 Å². The molecule has 0 amide bonds. The minimum atomic E-state index is 0.548. The predicted octanol–water partition coefficient (Wildman–Crippen LogP) is 7.59. The average Bonchev–Trinajstić information content (AvgIpc) is 2.93. The van der Waals surface area contributed by atoms with Gasteiger partial charge < -0.3 is 9.47 Å². The van der Waals surface area contributed by atoms with E-state index in [1.54, 1.807) is 0 Å². The molecule has 36 heavy (non-hydrogen) atoms. The molecule has 0 aliphatic heterocycles. The summed E-state index contributed by atoms with van der Waals surface area (Å²) < 4.78 is 12.3. The smallest absolute Gasteiger partial charge is 0.128 e. The molecule has 0 saturated carbocycles. The highest BCUT2D eigenvalue weighted by atomic mass is 16.5. The molecular weight excluding hydrogens is 440 g/mol. The lowest BCUT2D eigenvalue weighted by atomic mass is 9.90. The van der Waals surface area contributed by atoms with Crippen LogP contribution in [0.25, 0.3) is 21.5 Å². The van der Waals surface area contributed by atoms with Gasteiger partial charge in [-0.15, -0.1) is 0 Å². The minimum Gasteiger partial charge on any atom is -0.493 e. The van der Waals surface area contributed by atoms with Crippen LogP contribution in [0.1, 0.15) is 36.1 Å². The fraction of sp³-hybridized carbons (Fsp3) is 0.118. The van der Waals surface area contributed by atoms with Crippen molar-refractivity contribution in [3.8, 4) is 35.2 Å². The third kappa shape index (κ3) is 4.63. The zero-order valence-corrected chi connectivity index (χ0v) is 20.5. The van der Waals surface area contributed by atoms with Crippen LogP contribution in [-0.2, 0) is 0 Å². The molecule has 2 heteroatoms. The summed E-state index contributed by atoms with van der Waals surface area (Å²) in [6, 6.07) is 32.4. The number of hydrogen-bond acceptors (Lipinski definition) is 2. The fourth-order valence-electron chi connectivity index (χ4n) is 4.37. The maximum absolute atomic E-state index is 6.14. The van der Waals surface area contributed by atoms with Crippen molar-refractivity contribution in [3.63, 3.8) is 0 Å². The van der Waals surface area contributed by atoms with Crippen LogP contribution in [0.5, 0.6) is 11.5 Å². The van der Waals surface area contributed by atoms with Crippen molar-refractivity contribution in [2.24, 2.45) is 0 Å². The number of hydrogen-bond donors (Lipinski definition) is 0. The molecule has 174 valence electrons. The van der Waals surface area contributed by atoms with Crippen LogP contribution in [0.15, 0.2) is 97.1 Å². The summed E-state index contributed by atoms with van der Waals surface area (Å²) >= 11 is 0. The monoisotopic (exact) mass is 466 g/mol. The SMILES string of the molecule is CCOc1ccc(OCC)c2c(C#Cc3ccccc3)c3ccccc3c(C#Cc3ccccc3)c12. The first-order chi connectivity index (χ1) is 17.8. The van der Waals surface area contributed by atoms with E-state index >= 15 is 0 Å². The first-order valence-corrected chi connectivity index (χ1v) is 12.2. The standard InChI is InChI=1S/C34H26O2/c1-3-35-31-23-24-32(36-4-2)34-30(22-20-26-15-9-6-10-16-26)28-18-12-11-17-27(28)29(33(31)34)21-19-25-13-7-5-8-14-25/h5-18,23-24H,3-4H2,1-2H3. The van der Waals surface area contributed by atoms with Gasteiger partial charge in [-0.2, -0.15) is 0 Å². The average molecular weight is 467 g/mol. The summed E-state index contributed by atoms with van der Waals surface area (Å²) in [7, 11) is 0. The molecule has 0 atom stereocenters. The maximum Gasteiger partial charge on any atom is 0.128 e. The molecule has 5 aromatic carbocycles. The highest BCUT2D eigenvalue weighted by Crippen LogP contribution is 2.42. The van der Waals surface area contributed by atoms with Gasteiger partial charge in [0, 0.05) is 33.0 Å². The van der Waals surface area contributed by atoms with Crippen molar-refractivity contribution < 1.29 is 9.47 Å². The second kappa shape index (κ2) is 10.7. The van der Waals surface area contributed by atoms with E-state index in [1.807, 2.05) is 98.8 Å². The van der Waals surface area contributed by atoms with Crippen LogP contribution in [0.4, 0.5) is 0 Å². The Bertz CT molecular complexity index is 1520. The Hall–Kier alpha value is -4.66. The van der Waals surface area contributed by atoms with Gasteiger partial charge in [0.25, 0.3) is 0 Å². The highest BCUT2D eigenvalue weighted by Gasteiger charge is 2.19. The van der Waals surface area contributed by atoms with Crippen LogP contribution >= 0.6 is 0 Å². The quantitative estimate of drug-likeness (QED) is 0.201. The van der Waals surface area contributed by atoms with Crippen molar-refractivity contribution in [1.29, 1.82) is 0 Å². The first kappa shape index (κ1) is 23.1. The molecule has 2 nitrogen and oxygen atoms in total. The van der Waals surface area contributed by atoms with E-state index in [1.165, 1.54) is 0 Å². The van der Waals surface area contributed by atoms with Crippen LogP contribution in [-0.4, -0.2) is 13.2 Å². The Morgan fingerprint density at radius 2 is 0.861 bits per heavy atom. The van der Waals surface area contributed by atoms with Crippen LogP contribution in [0, 0.1) is 23.7 Å². The van der Waals surface area contributed by atoms with Crippen LogP contribution < -0.4 is 9.47 Å². The molecule has 0 unspecified atom stereocenters. The fourth-order valence-corrected chi connectivity index (χ4v) is 4.37. The van der Waals surface area contributed by atoms with E-state index in [0.717, 1.165) is 55.3 Å². The lowest BCUT2D eigenvalue weighted by Gasteiger charge is -2.17. The second-order valence-corrected chi connectivity index (χ2v) is 8.21. The Labute approximate surface area is 212 Å². The van der Waals surface area contributed by atoms with Crippen molar-refractivity contribution in [2.75, 3.05) is 13.2 Å². The molecule has 0 bridgehead atoms. The molecule has 0 aromatic heterocycles. The Balaban J connectivity index is 1.92. The van der Waals surface area contributed by atoms with Gasteiger partial charge in [-0.3, -0.25) is 0 Å². The van der Waals surface area contributed by atoms with Crippen LogP contribution in [0.3, 0.4) is 0 Å². The Kier molecular flexibility index (Phi) is 6.88. The number of rotatable bonds is 4. The van der Waals surface area contributed by atoms with Crippen LogP contribution in [0.2, 0.25) is 0 Å². The normalized spacial score (nSPS) is 10.3. The molecule has 0 N–H and O–H groups in total. The summed E-state index contributed by atoms with van der Waals surface area (Å²) in [5, 5.41) is 3.95. The molecule has 0 radical (unpaired) electrons. The van der Waals surface area contributed by atoms with E-state index in [2.05, 4.69) is 35.8 Å². The number of fused-ring (bicyclic) bond motifs is 2. The van der Waals surface area contributed by atoms with E-state index in [0.29, 0.717) is 13.2 Å². The summed E-state index contributed by atoms with van der Waals surface area (Å²) in [5.74, 6) is 15.2. The predicted molar refractivity (Wildman–Crippen MR) is 149 cm³/mol. The largest absolute Gasteiger partial charge is 0.493 e. The van der Waals surface area contributed by atoms with Gasteiger partial charge in [0.1, 0.15) is 11.5 Å². The highest BCUT2D eigenvalue weighted by molar-refractivity contribution is 6.14. The molecule has 0 aliphatic rings. The van der Waals surface area contributed by atoms with E-state index < -0.39 is 0 Å². The second-order valence-electron chi connectivity index (χ2n) is 8.21. The van der Waals surface area contributed by atoms with Gasteiger partial charge in [0.2, 0.25) is 0 Å². The van der Waals surface area contributed by atoms with Gasteiger partial charge in [0.05, 0.1) is 13.2 Å². The van der Waals surface area contributed by atoms with Gasteiger partial charge in [-0.25, -0.2) is 0 Å². The minimum absolute atomic E-state index is 0.548. The van der Waals surface area contributed by atoms with Crippen molar-refractivity contribution >= 4 is 21.5 Å². The van der Waals surface area contributed by atoms with Crippen molar-refractivity contribution in [2.45, 2.75) is 13.8 Å². The third-order valence-corrected chi connectivity index (χ3v) is 5.91. The van der Waals surface area contributed by atoms with E-state index in [4.69, 9.17) is 9.47 Å². The van der Waals surface area contributed by atoms with E-state index in [-0.39, 0.29) is 0 Å². The molecule has 5 aromatic rings. The Morgan fingerprint density at radius 3 is 1.25 bits per heavy atom. The van der Waals surface area contributed by atoms with E-state index in [9.17, 15) is 0 Å². The number of ether oxygens (including phenoxy) is 2. The summed E-state index contributed by atoms with van der Waals surface area (Å²) in [6.07, 6.45) is 0. The molecule has 0 aliphatic carbocycles. The molecule has 0 fully saturated rings. The lowest BCUT2D eigenvalue weighted by molar-refractivity contribution is 0.336. The Morgan fingerprint density at radius 1 is 0.472 bits per heavy atom. The van der Waals surface area contributed by atoms with Gasteiger partial charge in [0.15, 0.2) is 0 Å². The molecule has 0 saturated heterocycles. The lowest BCUT2D eigenvalue weighted by Crippen LogP contribution is -2.00. The summed E-state index contributed by atoms with van der Waals surface area (Å²) in [4.78, 5) is 0. The van der Waals surface area contributed by atoms with Gasteiger partial charge in [-0.05, 0) is 61.0 Å². The van der Waals surface area contributed by atoms with Gasteiger partial charge in [-0.1, -0.05) is 84.3 Å². The maximum atomic E-state index is 6.14. The topological polar surface area (TPSA) is 18.5 Å². The summed E-state index contributed by atoms with van der Waals surface area (Å²) in [6.45, 7) is 5.09.